The normalized spacial score (nSPS) is 23.8. The molecule has 1 saturated carbocycles. The predicted octanol–water partition coefficient (Wildman–Crippen LogP) is 2.09. The van der Waals surface area contributed by atoms with Crippen molar-refractivity contribution in [3.63, 3.8) is 0 Å². The van der Waals surface area contributed by atoms with Gasteiger partial charge in [0.1, 0.15) is 5.82 Å². The molecule has 1 aliphatic rings. The highest BCUT2D eigenvalue weighted by molar-refractivity contribution is 5.65. The van der Waals surface area contributed by atoms with Gasteiger partial charge in [0.15, 0.2) is 0 Å². The van der Waals surface area contributed by atoms with Crippen LogP contribution in [0.3, 0.4) is 0 Å². The number of nitrogen functional groups attached to an aromatic ring is 1. The number of nitrogens with zero attached hydrogens (tertiary/aromatic N) is 2. The van der Waals surface area contributed by atoms with Gasteiger partial charge in [-0.3, -0.25) is 4.68 Å². The van der Waals surface area contributed by atoms with Crippen LogP contribution in [-0.4, -0.2) is 27.5 Å². The highest BCUT2D eigenvalue weighted by Gasteiger charge is 2.21. The van der Waals surface area contributed by atoms with E-state index in [9.17, 15) is 5.11 Å². The van der Waals surface area contributed by atoms with Crippen LogP contribution in [-0.2, 0) is 7.05 Å². The van der Waals surface area contributed by atoms with Crippen LogP contribution in [0.5, 0.6) is 0 Å². The molecule has 4 N–H and O–H groups in total. The smallest absolute Gasteiger partial charge is 0.147 e. The van der Waals surface area contributed by atoms with E-state index in [0.717, 1.165) is 43.0 Å². The molecule has 2 rings (SSSR count). The first-order valence-electron chi connectivity index (χ1n) is 7.23. The monoisotopic (exact) mass is 266 g/mol. The first-order valence-corrected chi connectivity index (χ1v) is 7.23. The number of hydrogen-bond acceptors (Lipinski definition) is 4. The number of aliphatic hydroxyl groups is 1. The van der Waals surface area contributed by atoms with Crippen LogP contribution >= 0.6 is 0 Å². The predicted molar refractivity (Wildman–Crippen MR) is 78.2 cm³/mol. The van der Waals surface area contributed by atoms with Crippen LogP contribution < -0.4 is 11.1 Å². The Morgan fingerprint density at radius 3 is 2.79 bits per heavy atom. The third-order valence-corrected chi connectivity index (χ3v) is 3.97. The zero-order valence-electron chi connectivity index (χ0n) is 12.2. The first-order chi connectivity index (χ1) is 8.99. The molecule has 1 aliphatic carbocycles. The van der Waals surface area contributed by atoms with E-state index in [0.29, 0.717) is 11.8 Å². The number of nitrogens with one attached hydrogen (secondary N) is 1. The van der Waals surface area contributed by atoms with Gasteiger partial charge in [0, 0.05) is 13.6 Å². The van der Waals surface area contributed by atoms with Gasteiger partial charge in [0.05, 0.1) is 17.5 Å². The fourth-order valence-corrected chi connectivity index (χ4v) is 2.89. The molecule has 0 bridgehead atoms. The molecule has 0 saturated heterocycles. The summed E-state index contributed by atoms with van der Waals surface area (Å²) >= 11 is 0. The van der Waals surface area contributed by atoms with Crippen molar-refractivity contribution >= 4 is 11.5 Å². The van der Waals surface area contributed by atoms with E-state index >= 15 is 0 Å². The maximum Gasteiger partial charge on any atom is 0.147 e. The second kappa shape index (κ2) is 5.82. The molecule has 2 atom stereocenters. The molecular weight excluding hydrogens is 240 g/mol. The molecule has 1 aromatic rings. The summed E-state index contributed by atoms with van der Waals surface area (Å²) in [6, 6.07) is 0. The van der Waals surface area contributed by atoms with E-state index in [2.05, 4.69) is 24.3 Å². The molecule has 2 unspecified atom stereocenters. The van der Waals surface area contributed by atoms with E-state index in [4.69, 9.17) is 5.73 Å². The molecule has 108 valence electrons. The minimum atomic E-state index is -0.129. The van der Waals surface area contributed by atoms with Crippen LogP contribution in [0.4, 0.5) is 11.5 Å². The third-order valence-electron chi connectivity index (χ3n) is 3.97. The van der Waals surface area contributed by atoms with Crippen molar-refractivity contribution in [1.82, 2.24) is 9.78 Å². The Bertz CT molecular complexity index is 427. The molecule has 5 nitrogen and oxygen atoms in total. The number of aryl methyl sites for hydroxylation is 1. The van der Waals surface area contributed by atoms with Crippen molar-refractivity contribution in [2.45, 2.75) is 51.6 Å². The standard InChI is InChI=1S/C14H26N4O/c1-9(2)13-12(15)14(18(3)17-13)16-8-10-5-4-6-11(19)7-10/h9-11,16,19H,4-8,15H2,1-3H3. The lowest BCUT2D eigenvalue weighted by atomic mass is 9.87. The molecular formula is C14H26N4O. The van der Waals surface area contributed by atoms with Gasteiger partial charge in [0.25, 0.3) is 0 Å². The summed E-state index contributed by atoms with van der Waals surface area (Å²) in [4.78, 5) is 0. The fourth-order valence-electron chi connectivity index (χ4n) is 2.89. The van der Waals surface area contributed by atoms with E-state index in [1.165, 1.54) is 6.42 Å². The molecule has 0 amide bonds. The van der Waals surface area contributed by atoms with Gasteiger partial charge in [0.2, 0.25) is 0 Å². The summed E-state index contributed by atoms with van der Waals surface area (Å²) in [6.45, 7) is 5.05. The number of nitrogens with two attached hydrogens (primary N) is 1. The van der Waals surface area contributed by atoms with Crippen LogP contribution in [0, 0.1) is 5.92 Å². The number of hydrogen-bond donors (Lipinski definition) is 3. The van der Waals surface area contributed by atoms with Crippen molar-refractivity contribution < 1.29 is 5.11 Å². The highest BCUT2D eigenvalue weighted by atomic mass is 16.3. The SMILES string of the molecule is CC(C)c1nn(C)c(NCC2CCCC(O)C2)c1N. The lowest BCUT2D eigenvalue weighted by Crippen LogP contribution is -2.25. The zero-order chi connectivity index (χ0) is 14.0. The molecule has 1 aromatic heterocycles. The molecule has 5 heteroatoms. The average molecular weight is 266 g/mol. The molecule has 0 spiro atoms. The van der Waals surface area contributed by atoms with Gasteiger partial charge < -0.3 is 16.2 Å². The summed E-state index contributed by atoms with van der Waals surface area (Å²) in [6.07, 6.45) is 4.00. The van der Waals surface area contributed by atoms with Crippen molar-refractivity contribution in [2.75, 3.05) is 17.6 Å². The number of aliphatic hydroxyl groups excluding tert-OH is 1. The molecule has 0 radical (unpaired) electrons. The summed E-state index contributed by atoms with van der Waals surface area (Å²) in [5, 5.41) is 17.6. The minimum Gasteiger partial charge on any atom is -0.394 e. The first kappa shape index (κ1) is 14.2. The largest absolute Gasteiger partial charge is 0.394 e. The van der Waals surface area contributed by atoms with Crippen molar-refractivity contribution in [1.29, 1.82) is 0 Å². The molecule has 0 aromatic carbocycles. The van der Waals surface area contributed by atoms with Crippen molar-refractivity contribution in [3.05, 3.63) is 5.69 Å². The number of rotatable bonds is 4. The Hall–Kier alpha value is -1.23. The summed E-state index contributed by atoms with van der Waals surface area (Å²) < 4.78 is 1.82. The molecule has 1 fully saturated rings. The average Bonchev–Trinajstić information content (AvgIpc) is 2.63. The Morgan fingerprint density at radius 1 is 1.47 bits per heavy atom. The quantitative estimate of drug-likeness (QED) is 0.780. The summed E-state index contributed by atoms with van der Waals surface area (Å²) in [7, 11) is 1.92. The third kappa shape index (κ3) is 3.21. The second-order valence-electron chi connectivity index (χ2n) is 5.99. The Morgan fingerprint density at radius 2 is 2.21 bits per heavy atom. The van der Waals surface area contributed by atoms with E-state index in [-0.39, 0.29) is 6.10 Å². The maximum atomic E-state index is 9.69. The maximum absolute atomic E-state index is 9.69. The Balaban J connectivity index is 1.99. The van der Waals surface area contributed by atoms with E-state index in [1.807, 2.05) is 11.7 Å². The summed E-state index contributed by atoms with van der Waals surface area (Å²) in [5.74, 6) is 1.77. The van der Waals surface area contributed by atoms with Gasteiger partial charge in [-0.2, -0.15) is 5.10 Å². The lowest BCUT2D eigenvalue weighted by Gasteiger charge is -2.26. The van der Waals surface area contributed by atoms with Crippen LogP contribution in [0.15, 0.2) is 0 Å². The highest BCUT2D eigenvalue weighted by Crippen LogP contribution is 2.29. The van der Waals surface area contributed by atoms with Gasteiger partial charge >= 0.3 is 0 Å². The molecule has 19 heavy (non-hydrogen) atoms. The Labute approximate surface area is 115 Å². The van der Waals surface area contributed by atoms with E-state index in [1.54, 1.807) is 0 Å². The van der Waals surface area contributed by atoms with Crippen molar-refractivity contribution in [3.8, 4) is 0 Å². The van der Waals surface area contributed by atoms with Crippen LogP contribution in [0.2, 0.25) is 0 Å². The summed E-state index contributed by atoms with van der Waals surface area (Å²) in [5.41, 5.74) is 7.86. The van der Waals surface area contributed by atoms with Crippen LogP contribution in [0.25, 0.3) is 0 Å². The van der Waals surface area contributed by atoms with Gasteiger partial charge in [-0.25, -0.2) is 0 Å². The zero-order valence-corrected chi connectivity index (χ0v) is 12.2. The second-order valence-corrected chi connectivity index (χ2v) is 5.99. The fraction of sp³-hybridized carbons (Fsp3) is 0.786. The van der Waals surface area contributed by atoms with Gasteiger partial charge in [-0.15, -0.1) is 0 Å². The van der Waals surface area contributed by atoms with E-state index < -0.39 is 0 Å². The minimum absolute atomic E-state index is 0.129. The Kier molecular flexibility index (Phi) is 4.34. The lowest BCUT2D eigenvalue weighted by molar-refractivity contribution is 0.104. The van der Waals surface area contributed by atoms with Gasteiger partial charge in [-0.05, 0) is 31.1 Å². The van der Waals surface area contributed by atoms with Crippen molar-refractivity contribution in [2.24, 2.45) is 13.0 Å². The number of aromatic nitrogens is 2. The van der Waals surface area contributed by atoms with Crippen LogP contribution in [0.1, 0.15) is 51.1 Å². The molecule has 1 heterocycles. The topological polar surface area (TPSA) is 76.1 Å². The van der Waals surface area contributed by atoms with Gasteiger partial charge in [-0.1, -0.05) is 20.3 Å². The molecule has 0 aliphatic heterocycles. The number of anilines is 2.